The second-order valence-electron chi connectivity index (χ2n) is 6.05. The Labute approximate surface area is 91.5 Å². The molecule has 1 aliphatic rings. The number of carboxylic acid groups (broad SMARTS) is 1. The number of aliphatic carboxylic acids is 1. The zero-order valence-electron chi connectivity index (χ0n) is 9.92. The van der Waals surface area contributed by atoms with Crippen molar-refractivity contribution in [3.05, 3.63) is 0 Å². The summed E-state index contributed by atoms with van der Waals surface area (Å²) in [6.07, 6.45) is 2.88. The zero-order valence-corrected chi connectivity index (χ0v) is 9.92. The lowest BCUT2D eigenvalue weighted by atomic mass is 9.65. The van der Waals surface area contributed by atoms with E-state index in [0.717, 1.165) is 0 Å². The maximum atomic E-state index is 11.4. The van der Waals surface area contributed by atoms with Crippen molar-refractivity contribution in [1.82, 2.24) is 0 Å². The monoisotopic (exact) mass is 214 g/mol. The van der Waals surface area contributed by atoms with E-state index in [-0.39, 0.29) is 11.5 Å². The second kappa shape index (κ2) is 4.12. The van der Waals surface area contributed by atoms with E-state index in [1.54, 1.807) is 0 Å². The molecule has 1 aliphatic carbocycles. The molecule has 1 fully saturated rings. The van der Waals surface area contributed by atoms with Gasteiger partial charge < -0.3 is 10.2 Å². The third kappa shape index (κ3) is 3.20. The highest BCUT2D eigenvalue weighted by Crippen LogP contribution is 2.45. The van der Waals surface area contributed by atoms with E-state index in [4.69, 9.17) is 0 Å². The number of aliphatic hydroxyl groups excluding tert-OH is 1. The molecular formula is C12H22O3. The van der Waals surface area contributed by atoms with Gasteiger partial charge >= 0.3 is 5.97 Å². The van der Waals surface area contributed by atoms with Gasteiger partial charge in [-0.3, -0.25) is 4.79 Å². The van der Waals surface area contributed by atoms with Gasteiger partial charge in [-0.05, 0) is 37.5 Å². The molecule has 0 atom stereocenters. The van der Waals surface area contributed by atoms with Crippen LogP contribution in [0.5, 0.6) is 0 Å². The lowest BCUT2D eigenvalue weighted by Gasteiger charge is -2.39. The van der Waals surface area contributed by atoms with Crippen LogP contribution in [0.2, 0.25) is 0 Å². The van der Waals surface area contributed by atoms with Gasteiger partial charge in [-0.2, -0.15) is 0 Å². The molecule has 88 valence electrons. The lowest BCUT2D eigenvalue weighted by Crippen LogP contribution is -2.39. The van der Waals surface area contributed by atoms with Crippen molar-refractivity contribution in [3.8, 4) is 0 Å². The van der Waals surface area contributed by atoms with Crippen molar-refractivity contribution < 1.29 is 15.0 Å². The third-order valence-electron chi connectivity index (χ3n) is 3.23. The maximum Gasteiger partial charge on any atom is 0.309 e. The first-order chi connectivity index (χ1) is 6.75. The molecule has 0 spiro atoms. The zero-order chi connectivity index (χ0) is 11.7. The van der Waals surface area contributed by atoms with E-state index in [0.29, 0.717) is 32.1 Å². The van der Waals surface area contributed by atoms with E-state index in [1.165, 1.54) is 0 Å². The average Bonchev–Trinajstić information content (AvgIpc) is 2.06. The molecule has 2 N–H and O–H groups in total. The predicted octanol–water partition coefficient (Wildman–Crippen LogP) is 2.43. The standard InChI is InChI=1S/C12H22O3/c1-11(2,3)8-12(10(14)15)6-4-9(13)5-7-12/h9,13H,4-8H2,1-3H3,(H,14,15). The summed E-state index contributed by atoms with van der Waals surface area (Å²) < 4.78 is 0. The molecule has 0 unspecified atom stereocenters. The third-order valence-corrected chi connectivity index (χ3v) is 3.23. The number of hydrogen-bond acceptors (Lipinski definition) is 2. The quantitative estimate of drug-likeness (QED) is 0.742. The summed E-state index contributed by atoms with van der Waals surface area (Å²) in [7, 11) is 0. The molecule has 0 aromatic heterocycles. The molecule has 15 heavy (non-hydrogen) atoms. The normalized spacial score (nSPS) is 32.7. The molecule has 3 nitrogen and oxygen atoms in total. The summed E-state index contributed by atoms with van der Waals surface area (Å²) in [5, 5.41) is 18.8. The van der Waals surface area contributed by atoms with Crippen molar-refractivity contribution in [3.63, 3.8) is 0 Å². The first-order valence-electron chi connectivity index (χ1n) is 5.67. The van der Waals surface area contributed by atoms with Crippen LogP contribution in [-0.4, -0.2) is 22.3 Å². The van der Waals surface area contributed by atoms with Crippen LogP contribution >= 0.6 is 0 Å². The largest absolute Gasteiger partial charge is 0.481 e. The Morgan fingerprint density at radius 1 is 1.33 bits per heavy atom. The van der Waals surface area contributed by atoms with Gasteiger partial charge in [0.1, 0.15) is 0 Å². The lowest BCUT2D eigenvalue weighted by molar-refractivity contribution is -0.154. The Morgan fingerprint density at radius 3 is 2.13 bits per heavy atom. The first-order valence-corrected chi connectivity index (χ1v) is 5.67. The Kier molecular flexibility index (Phi) is 3.44. The highest BCUT2D eigenvalue weighted by molar-refractivity contribution is 5.74. The fourth-order valence-corrected chi connectivity index (χ4v) is 2.64. The van der Waals surface area contributed by atoms with Crippen molar-refractivity contribution >= 4 is 5.97 Å². The Balaban J connectivity index is 2.76. The van der Waals surface area contributed by atoms with Crippen molar-refractivity contribution in [2.45, 2.75) is 59.0 Å². The number of carbonyl (C=O) groups is 1. The molecular weight excluding hydrogens is 192 g/mol. The van der Waals surface area contributed by atoms with Gasteiger partial charge in [0.15, 0.2) is 0 Å². The van der Waals surface area contributed by atoms with E-state index < -0.39 is 11.4 Å². The molecule has 1 rings (SSSR count). The van der Waals surface area contributed by atoms with Crippen LogP contribution in [0.15, 0.2) is 0 Å². The van der Waals surface area contributed by atoms with Gasteiger partial charge in [0, 0.05) is 0 Å². The molecule has 1 saturated carbocycles. The van der Waals surface area contributed by atoms with Gasteiger partial charge in [-0.15, -0.1) is 0 Å². The van der Waals surface area contributed by atoms with Gasteiger partial charge in [-0.1, -0.05) is 20.8 Å². The van der Waals surface area contributed by atoms with E-state index >= 15 is 0 Å². The molecule has 0 radical (unpaired) electrons. The van der Waals surface area contributed by atoms with E-state index in [9.17, 15) is 15.0 Å². The molecule has 0 aromatic rings. The molecule has 0 bridgehead atoms. The van der Waals surface area contributed by atoms with Crippen LogP contribution in [0, 0.1) is 10.8 Å². The fourth-order valence-electron chi connectivity index (χ4n) is 2.64. The summed E-state index contributed by atoms with van der Waals surface area (Å²) in [6, 6.07) is 0. The smallest absolute Gasteiger partial charge is 0.309 e. The predicted molar refractivity (Wildman–Crippen MR) is 58.6 cm³/mol. The van der Waals surface area contributed by atoms with Crippen molar-refractivity contribution in [1.29, 1.82) is 0 Å². The van der Waals surface area contributed by atoms with Crippen molar-refractivity contribution in [2.24, 2.45) is 10.8 Å². The summed E-state index contributed by atoms with van der Waals surface area (Å²) in [5.41, 5.74) is -0.571. The van der Waals surface area contributed by atoms with Crippen LogP contribution in [0.1, 0.15) is 52.9 Å². The average molecular weight is 214 g/mol. The van der Waals surface area contributed by atoms with Gasteiger partial charge in [-0.25, -0.2) is 0 Å². The molecule has 0 saturated heterocycles. The number of aliphatic hydroxyl groups is 1. The topological polar surface area (TPSA) is 57.5 Å². The number of rotatable bonds is 2. The number of carboxylic acids is 1. The Bertz CT molecular complexity index is 232. The Hall–Kier alpha value is -0.570. The van der Waals surface area contributed by atoms with Crippen molar-refractivity contribution in [2.75, 3.05) is 0 Å². The van der Waals surface area contributed by atoms with Gasteiger partial charge in [0.05, 0.1) is 11.5 Å². The molecule has 3 heteroatoms. The SMILES string of the molecule is CC(C)(C)CC1(C(=O)O)CCC(O)CC1. The minimum atomic E-state index is -0.690. The van der Waals surface area contributed by atoms with E-state index in [1.807, 2.05) is 0 Å². The van der Waals surface area contributed by atoms with Crippen LogP contribution in [0.4, 0.5) is 0 Å². The first kappa shape index (κ1) is 12.5. The van der Waals surface area contributed by atoms with E-state index in [2.05, 4.69) is 20.8 Å². The summed E-state index contributed by atoms with van der Waals surface area (Å²) >= 11 is 0. The highest BCUT2D eigenvalue weighted by Gasteiger charge is 2.43. The van der Waals surface area contributed by atoms with Crippen LogP contribution < -0.4 is 0 Å². The summed E-state index contributed by atoms with van der Waals surface area (Å²) in [5.74, 6) is -0.690. The summed E-state index contributed by atoms with van der Waals surface area (Å²) in [6.45, 7) is 6.22. The minimum absolute atomic E-state index is 0.0285. The van der Waals surface area contributed by atoms with Crippen LogP contribution in [0.3, 0.4) is 0 Å². The minimum Gasteiger partial charge on any atom is -0.481 e. The fraction of sp³-hybridized carbons (Fsp3) is 0.917. The molecule has 0 aromatic carbocycles. The van der Waals surface area contributed by atoms with Gasteiger partial charge in [0.2, 0.25) is 0 Å². The van der Waals surface area contributed by atoms with Crippen LogP contribution in [0.25, 0.3) is 0 Å². The maximum absolute atomic E-state index is 11.4. The number of hydrogen-bond donors (Lipinski definition) is 2. The molecule has 0 aliphatic heterocycles. The highest BCUT2D eigenvalue weighted by atomic mass is 16.4. The molecule has 0 heterocycles. The second-order valence-corrected chi connectivity index (χ2v) is 6.05. The van der Waals surface area contributed by atoms with Crippen LogP contribution in [-0.2, 0) is 4.79 Å². The van der Waals surface area contributed by atoms with Gasteiger partial charge in [0.25, 0.3) is 0 Å². The summed E-state index contributed by atoms with van der Waals surface area (Å²) in [4.78, 5) is 11.4. The molecule has 0 amide bonds. The Morgan fingerprint density at radius 2 is 1.80 bits per heavy atom.